The van der Waals surface area contributed by atoms with E-state index in [1.165, 1.54) is 44.9 Å². The van der Waals surface area contributed by atoms with Gasteiger partial charge in [0.25, 0.3) is 0 Å². The minimum atomic E-state index is -0.0884. The molecule has 17 heavy (non-hydrogen) atoms. The monoisotopic (exact) mass is 238 g/mol. The number of fused-ring (bicyclic) bond motifs is 2. The van der Waals surface area contributed by atoms with E-state index in [4.69, 9.17) is 0 Å². The van der Waals surface area contributed by atoms with Gasteiger partial charge in [-0.1, -0.05) is 6.42 Å². The van der Waals surface area contributed by atoms with Crippen LogP contribution in [0.2, 0.25) is 0 Å². The summed E-state index contributed by atoms with van der Waals surface area (Å²) in [7, 11) is 2.30. The van der Waals surface area contributed by atoms with E-state index in [2.05, 4.69) is 17.3 Å². The van der Waals surface area contributed by atoms with Gasteiger partial charge in [0.05, 0.1) is 6.10 Å². The van der Waals surface area contributed by atoms with Crippen molar-refractivity contribution in [1.82, 2.24) is 10.2 Å². The number of rotatable bonds is 2. The summed E-state index contributed by atoms with van der Waals surface area (Å²) < 4.78 is 0. The molecular weight excluding hydrogens is 212 g/mol. The Hall–Kier alpha value is -0.120. The van der Waals surface area contributed by atoms with Crippen LogP contribution in [0.15, 0.2) is 0 Å². The number of nitrogens with one attached hydrogen (secondary N) is 1. The van der Waals surface area contributed by atoms with Crippen molar-refractivity contribution in [3.8, 4) is 0 Å². The Kier molecular flexibility index (Phi) is 3.42. The van der Waals surface area contributed by atoms with Gasteiger partial charge < -0.3 is 15.3 Å². The Balaban J connectivity index is 1.58. The van der Waals surface area contributed by atoms with Crippen molar-refractivity contribution >= 4 is 0 Å². The van der Waals surface area contributed by atoms with Crippen LogP contribution in [-0.2, 0) is 0 Å². The SMILES string of the molecule is CN1C2CCCC1CC(N[C@@H]1CCC[C@H]1O)C2. The summed E-state index contributed by atoms with van der Waals surface area (Å²) in [5, 5.41) is 13.6. The predicted molar refractivity (Wildman–Crippen MR) is 69.0 cm³/mol. The molecule has 1 aliphatic carbocycles. The lowest BCUT2D eigenvalue weighted by atomic mass is 9.82. The first kappa shape index (κ1) is 11.9. The van der Waals surface area contributed by atoms with Crippen molar-refractivity contribution in [2.45, 2.75) is 81.6 Å². The summed E-state index contributed by atoms with van der Waals surface area (Å²) >= 11 is 0. The average Bonchev–Trinajstić information content (AvgIpc) is 2.66. The van der Waals surface area contributed by atoms with Gasteiger partial charge in [0.2, 0.25) is 0 Å². The highest BCUT2D eigenvalue weighted by Crippen LogP contribution is 2.33. The van der Waals surface area contributed by atoms with Gasteiger partial charge in [-0.2, -0.15) is 0 Å². The molecule has 4 atom stereocenters. The second-order valence-corrected chi connectivity index (χ2v) is 6.34. The minimum absolute atomic E-state index is 0.0884. The van der Waals surface area contributed by atoms with Crippen LogP contribution in [-0.4, -0.2) is 47.3 Å². The molecule has 0 aromatic heterocycles. The van der Waals surface area contributed by atoms with Crippen molar-refractivity contribution in [3.05, 3.63) is 0 Å². The predicted octanol–water partition coefficient (Wildman–Crippen LogP) is 1.50. The third kappa shape index (κ3) is 2.38. The van der Waals surface area contributed by atoms with Crippen LogP contribution < -0.4 is 5.32 Å². The molecule has 2 bridgehead atoms. The van der Waals surface area contributed by atoms with Gasteiger partial charge in [0.1, 0.15) is 0 Å². The van der Waals surface area contributed by atoms with Gasteiger partial charge in [-0.3, -0.25) is 0 Å². The van der Waals surface area contributed by atoms with Crippen LogP contribution in [0.25, 0.3) is 0 Å². The Morgan fingerprint density at radius 3 is 2.24 bits per heavy atom. The van der Waals surface area contributed by atoms with Crippen molar-refractivity contribution in [2.75, 3.05) is 7.05 Å². The number of aliphatic hydroxyl groups excluding tert-OH is 1. The van der Waals surface area contributed by atoms with E-state index in [1.54, 1.807) is 0 Å². The lowest BCUT2D eigenvalue weighted by Gasteiger charge is -2.48. The van der Waals surface area contributed by atoms with Crippen molar-refractivity contribution in [2.24, 2.45) is 0 Å². The fourth-order valence-corrected chi connectivity index (χ4v) is 4.19. The van der Waals surface area contributed by atoms with Gasteiger partial charge in [-0.25, -0.2) is 0 Å². The molecule has 2 aliphatic heterocycles. The summed E-state index contributed by atoms with van der Waals surface area (Å²) in [5.74, 6) is 0. The summed E-state index contributed by atoms with van der Waals surface area (Å²) in [5.41, 5.74) is 0. The normalized spacial score (nSPS) is 47.3. The topological polar surface area (TPSA) is 35.5 Å². The van der Waals surface area contributed by atoms with Gasteiger partial charge in [-0.05, 0) is 52.0 Å². The number of nitrogens with zero attached hydrogens (tertiary/aromatic N) is 1. The third-order valence-corrected chi connectivity index (χ3v) is 5.27. The zero-order valence-corrected chi connectivity index (χ0v) is 10.9. The molecule has 2 unspecified atom stereocenters. The zero-order chi connectivity index (χ0) is 11.8. The molecule has 0 amide bonds. The van der Waals surface area contributed by atoms with Crippen molar-refractivity contribution in [1.29, 1.82) is 0 Å². The van der Waals surface area contributed by atoms with Crippen LogP contribution in [0.1, 0.15) is 51.4 Å². The average molecular weight is 238 g/mol. The highest BCUT2D eigenvalue weighted by Gasteiger charge is 2.37. The Morgan fingerprint density at radius 2 is 1.65 bits per heavy atom. The van der Waals surface area contributed by atoms with E-state index in [9.17, 15) is 5.11 Å². The van der Waals surface area contributed by atoms with Crippen molar-refractivity contribution in [3.63, 3.8) is 0 Å². The first-order valence-corrected chi connectivity index (χ1v) is 7.40. The summed E-state index contributed by atoms with van der Waals surface area (Å²) in [4.78, 5) is 2.60. The maximum Gasteiger partial charge on any atom is 0.0693 e. The summed E-state index contributed by atoms with van der Waals surface area (Å²) in [6.07, 6.45) is 10.0. The molecule has 3 aliphatic rings. The van der Waals surface area contributed by atoms with Crippen LogP contribution >= 0.6 is 0 Å². The molecule has 3 fully saturated rings. The second-order valence-electron chi connectivity index (χ2n) is 6.34. The Bertz CT molecular complexity index is 257. The highest BCUT2D eigenvalue weighted by atomic mass is 16.3. The van der Waals surface area contributed by atoms with E-state index < -0.39 is 0 Å². The smallest absolute Gasteiger partial charge is 0.0693 e. The fourth-order valence-electron chi connectivity index (χ4n) is 4.19. The molecular formula is C14H26N2O. The molecule has 1 saturated carbocycles. The molecule has 2 N–H and O–H groups in total. The standard InChI is InChI=1S/C14H26N2O/c1-16-11-4-2-5-12(16)9-10(8-11)15-13-6-3-7-14(13)17/h10-15,17H,2-9H2,1H3/t10?,11?,12?,13-,14-/m1/s1. The van der Waals surface area contributed by atoms with Crippen molar-refractivity contribution < 1.29 is 5.11 Å². The second kappa shape index (κ2) is 4.87. The molecule has 3 heteroatoms. The molecule has 98 valence electrons. The lowest BCUT2D eigenvalue weighted by molar-refractivity contribution is 0.0394. The van der Waals surface area contributed by atoms with E-state index >= 15 is 0 Å². The summed E-state index contributed by atoms with van der Waals surface area (Å²) in [6.45, 7) is 0. The van der Waals surface area contributed by atoms with Crippen LogP contribution in [0.3, 0.4) is 0 Å². The molecule has 3 rings (SSSR count). The number of hydrogen-bond acceptors (Lipinski definition) is 3. The molecule has 0 radical (unpaired) electrons. The lowest BCUT2D eigenvalue weighted by Crippen LogP contribution is -2.56. The highest BCUT2D eigenvalue weighted by molar-refractivity contribution is 4.96. The minimum Gasteiger partial charge on any atom is -0.392 e. The summed E-state index contributed by atoms with van der Waals surface area (Å²) in [6, 6.07) is 2.61. The van der Waals surface area contributed by atoms with Crippen LogP contribution in [0, 0.1) is 0 Å². The Morgan fingerprint density at radius 1 is 1.00 bits per heavy atom. The first-order valence-electron chi connectivity index (χ1n) is 7.40. The fraction of sp³-hybridized carbons (Fsp3) is 1.00. The van der Waals surface area contributed by atoms with E-state index in [-0.39, 0.29) is 6.10 Å². The molecule has 2 heterocycles. The molecule has 2 saturated heterocycles. The maximum absolute atomic E-state index is 9.90. The van der Waals surface area contributed by atoms with E-state index in [0.29, 0.717) is 12.1 Å². The molecule has 0 aromatic carbocycles. The quantitative estimate of drug-likeness (QED) is 0.765. The van der Waals surface area contributed by atoms with Gasteiger partial charge in [-0.15, -0.1) is 0 Å². The number of aliphatic hydroxyl groups is 1. The van der Waals surface area contributed by atoms with Gasteiger partial charge in [0, 0.05) is 24.2 Å². The van der Waals surface area contributed by atoms with E-state index in [1.807, 2.05) is 0 Å². The van der Waals surface area contributed by atoms with Crippen LogP contribution in [0.5, 0.6) is 0 Å². The molecule has 3 nitrogen and oxygen atoms in total. The van der Waals surface area contributed by atoms with Gasteiger partial charge >= 0.3 is 0 Å². The van der Waals surface area contributed by atoms with Gasteiger partial charge in [0.15, 0.2) is 0 Å². The number of hydrogen-bond donors (Lipinski definition) is 2. The third-order valence-electron chi connectivity index (χ3n) is 5.27. The Labute approximate surface area is 105 Å². The maximum atomic E-state index is 9.90. The molecule has 0 aromatic rings. The molecule has 0 spiro atoms. The van der Waals surface area contributed by atoms with E-state index in [0.717, 1.165) is 18.5 Å². The van der Waals surface area contributed by atoms with Crippen LogP contribution in [0.4, 0.5) is 0 Å². The first-order chi connectivity index (χ1) is 8.24. The number of piperidine rings is 2. The largest absolute Gasteiger partial charge is 0.392 e. The zero-order valence-electron chi connectivity index (χ0n) is 10.9.